The van der Waals surface area contributed by atoms with Crippen LogP contribution in [0, 0.1) is 17.2 Å². The van der Waals surface area contributed by atoms with Crippen molar-refractivity contribution in [3.05, 3.63) is 41.6 Å². The van der Waals surface area contributed by atoms with E-state index in [0.29, 0.717) is 5.57 Å². The third kappa shape index (κ3) is 3.65. The minimum absolute atomic E-state index is 0.0221. The highest BCUT2D eigenvalue weighted by Gasteiger charge is 2.39. The summed E-state index contributed by atoms with van der Waals surface area (Å²) in [5, 5.41) is 13.2. The largest absolute Gasteiger partial charge is 0.401 e. The van der Waals surface area contributed by atoms with Crippen molar-refractivity contribution < 1.29 is 0 Å². The Balaban J connectivity index is 2.39. The number of benzene rings is 1. The molecular weight excluding hydrogens is 258 g/mol. The second kappa shape index (κ2) is 5.54. The maximum atomic E-state index is 9.54. The van der Waals surface area contributed by atoms with Gasteiger partial charge in [0.1, 0.15) is 6.07 Å². The number of piperidine rings is 1. The predicted octanol–water partition coefficient (Wildman–Crippen LogP) is 3.44. The van der Waals surface area contributed by atoms with E-state index in [4.69, 9.17) is 5.73 Å². The van der Waals surface area contributed by atoms with E-state index >= 15 is 0 Å². The highest BCUT2D eigenvalue weighted by Crippen LogP contribution is 2.37. The molecule has 1 aromatic rings. The second-order valence-electron chi connectivity index (χ2n) is 7.31. The Morgan fingerprint density at radius 2 is 1.67 bits per heavy atom. The molecule has 3 N–H and O–H groups in total. The van der Waals surface area contributed by atoms with Crippen LogP contribution in [-0.4, -0.2) is 11.1 Å². The number of rotatable bonds is 2. The molecule has 3 nitrogen and oxygen atoms in total. The summed E-state index contributed by atoms with van der Waals surface area (Å²) in [7, 11) is 0. The molecule has 1 aromatic carbocycles. The monoisotopic (exact) mass is 283 g/mol. The summed E-state index contributed by atoms with van der Waals surface area (Å²) in [6.45, 7) is 8.79. The van der Waals surface area contributed by atoms with Crippen molar-refractivity contribution in [2.24, 2.45) is 11.7 Å². The fourth-order valence-corrected chi connectivity index (χ4v) is 3.65. The molecule has 0 aliphatic carbocycles. The normalized spacial score (nSPS) is 22.2. The third-order valence-corrected chi connectivity index (χ3v) is 4.09. The summed E-state index contributed by atoms with van der Waals surface area (Å²) < 4.78 is 0. The summed E-state index contributed by atoms with van der Waals surface area (Å²) in [5.74, 6) is 0.228. The van der Waals surface area contributed by atoms with Gasteiger partial charge in [-0.05, 0) is 46.1 Å². The van der Waals surface area contributed by atoms with E-state index in [1.807, 2.05) is 30.3 Å². The molecular formula is C18H25N3. The van der Waals surface area contributed by atoms with Crippen molar-refractivity contribution in [2.45, 2.75) is 51.6 Å². The van der Waals surface area contributed by atoms with Crippen molar-refractivity contribution in [3.63, 3.8) is 0 Å². The molecule has 0 saturated carbocycles. The fourth-order valence-electron chi connectivity index (χ4n) is 3.65. The van der Waals surface area contributed by atoms with Crippen molar-refractivity contribution in [2.75, 3.05) is 0 Å². The van der Waals surface area contributed by atoms with Gasteiger partial charge >= 0.3 is 0 Å². The lowest BCUT2D eigenvalue weighted by Crippen LogP contribution is -2.58. The third-order valence-electron chi connectivity index (χ3n) is 4.09. The topological polar surface area (TPSA) is 61.8 Å². The first-order chi connectivity index (χ1) is 9.74. The van der Waals surface area contributed by atoms with E-state index in [1.165, 1.54) is 0 Å². The SMILES string of the molecule is CC1(C)CC(C(N)=C(C#N)c2ccccc2)CC(C)(C)N1. The van der Waals surface area contributed by atoms with E-state index in [1.54, 1.807) is 0 Å². The van der Waals surface area contributed by atoms with Crippen LogP contribution in [-0.2, 0) is 0 Å². The van der Waals surface area contributed by atoms with Crippen LogP contribution >= 0.6 is 0 Å². The van der Waals surface area contributed by atoms with Gasteiger partial charge in [-0.25, -0.2) is 0 Å². The molecule has 1 fully saturated rings. The zero-order valence-corrected chi connectivity index (χ0v) is 13.4. The minimum Gasteiger partial charge on any atom is -0.401 e. The zero-order chi connectivity index (χ0) is 15.7. The molecule has 0 atom stereocenters. The molecule has 1 heterocycles. The molecule has 0 amide bonds. The highest BCUT2D eigenvalue weighted by molar-refractivity contribution is 5.79. The van der Waals surface area contributed by atoms with Gasteiger partial charge in [0, 0.05) is 22.7 Å². The van der Waals surface area contributed by atoms with Crippen molar-refractivity contribution in [1.82, 2.24) is 5.32 Å². The Bertz CT molecular complexity index is 560. The van der Waals surface area contributed by atoms with E-state index in [2.05, 4.69) is 39.1 Å². The lowest BCUT2D eigenvalue weighted by molar-refractivity contribution is 0.144. The van der Waals surface area contributed by atoms with Crippen LogP contribution in [0.15, 0.2) is 36.0 Å². The van der Waals surface area contributed by atoms with Crippen molar-refractivity contribution >= 4 is 5.57 Å². The molecule has 2 rings (SSSR count). The molecule has 0 bridgehead atoms. The van der Waals surface area contributed by atoms with Crippen molar-refractivity contribution in [3.8, 4) is 6.07 Å². The van der Waals surface area contributed by atoms with Gasteiger partial charge in [-0.2, -0.15) is 5.26 Å². The van der Waals surface area contributed by atoms with Crippen LogP contribution in [0.2, 0.25) is 0 Å². The van der Waals surface area contributed by atoms with Crippen LogP contribution in [0.25, 0.3) is 5.57 Å². The molecule has 1 aliphatic heterocycles. The fraction of sp³-hybridized carbons (Fsp3) is 0.500. The summed E-state index contributed by atoms with van der Waals surface area (Å²) in [6, 6.07) is 12.0. The maximum absolute atomic E-state index is 9.54. The predicted molar refractivity (Wildman–Crippen MR) is 87.2 cm³/mol. The second-order valence-corrected chi connectivity index (χ2v) is 7.31. The molecule has 0 spiro atoms. The summed E-state index contributed by atoms with van der Waals surface area (Å²) in [5.41, 5.74) is 8.71. The number of hydrogen-bond donors (Lipinski definition) is 2. The van der Waals surface area contributed by atoms with Gasteiger partial charge in [-0.3, -0.25) is 0 Å². The Labute approximate surface area is 127 Å². The molecule has 21 heavy (non-hydrogen) atoms. The quantitative estimate of drug-likeness (QED) is 0.817. The van der Waals surface area contributed by atoms with Crippen LogP contribution < -0.4 is 11.1 Å². The van der Waals surface area contributed by atoms with E-state index in [-0.39, 0.29) is 17.0 Å². The average molecular weight is 283 g/mol. The first kappa shape index (κ1) is 15.6. The minimum atomic E-state index is 0.0221. The summed E-state index contributed by atoms with van der Waals surface area (Å²) >= 11 is 0. The van der Waals surface area contributed by atoms with Gasteiger partial charge in [-0.1, -0.05) is 30.3 Å². The number of nitriles is 1. The van der Waals surface area contributed by atoms with Crippen LogP contribution in [0.5, 0.6) is 0 Å². The number of allylic oxidation sites excluding steroid dienone is 2. The standard InChI is InChI=1S/C18H25N3/c1-17(2)10-14(11-18(3,4)21-17)16(20)15(12-19)13-8-6-5-7-9-13/h5-9,14,21H,10-11,20H2,1-4H3. The first-order valence-corrected chi connectivity index (χ1v) is 7.49. The Kier molecular flexibility index (Phi) is 4.11. The molecule has 0 unspecified atom stereocenters. The summed E-state index contributed by atoms with van der Waals surface area (Å²) in [6.07, 6.45) is 1.89. The van der Waals surface area contributed by atoms with Gasteiger partial charge in [0.05, 0.1) is 5.57 Å². The van der Waals surface area contributed by atoms with Crippen LogP contribution in [0.4, 0.5) is 0 Å². The number of nitrogens with one attached hydrogen (secondary N) is 1. The van der Waals surface area contributed by atoms with E-state index in [9.17, 15) is 5.26 Å². The van der Waals surface area contributed by atoms with Crippen molar-refractivity contribution in [1.29, 1.82) is 5.26 Å². The Hall–Kier alpha value is -1.79. The zero-order valence-electron chi connectivity index (χ0n) is 13.4. The molecule has 112 valence electrons. The molecule has 0 radical (unpaired) electrons. The Morgan fingerprint density at radius 3 is 2.14 bits per heavy atom. The molecule has 1 aliphatic rings. The van der Waals surface area contributed by atoms with Crippen LogP contribution in [0.3, 0.4) is 0 Å². The lowest BCUT2D eigenvalue weighted by Gasteiger charge is -2.46. The van der Waals surface area contributed by atoms with Gasteiger partial charge in [0.2, 0.25) is 0 Å². The lowest BCUT2D eigenvalue weighted by atomic mass is 9.74. The van der Waals surface area contributed by atoms with E-state index in [0.717, 1.165) is 24.1 Å². The first-order valence-electron chi connectivity index (χ1n) is 7.49. The van der Waals surface area contributed by atoms with Crippen LogP contribution in [0.1, 0.15) is 46.1 Å². The van der Waals surface area contributed by atoms with E-state index < -0.39 is 0 Å². The van der Waals surface area contributed by atoms with Gasteiger partial charge in [0.25, 0.3) is 0 Å². The smallest absolute Gasteiger partial charge is 0.102 e. The maximum Gasteiger partial charge on any atom is 0.102 e. The molecule has 3 heteroatoms. The molecule has 0 aromatic heterocycles. The molecule has 1 saturated heterocycles. The number of hydrogen-bond acceptors (Lipinski definition) is 3. The Morgan fingerprint density at radius 1 is 1.14 bits per heavy atom. The number of nitrogens with zero attached hydrogens (tertiary/aromatic N) is 1. The highest BCUT2D eigenvalue weighted by atomic mass is 15.0. The average Bonchev–Trinajstić information content (AvgIpc) is 2.37. The summed E-state index contributed by atoms with van der Waals surface area (Å²) in [4.78, 5) is 0. The van der Waals surface area contributed by atoms with Gasteiger partial charge in [0.15, 0.2) is 0 Å². The van der Waals surface area contributed by atoms with Gasteiger partial charge in [-0.15, -0.1) is 0 Å². The number of nitrogens with two attached hydrogens (primary N) is 1. The van der Waals surface area contributed by atoms with Gasteiger partial charge < -0.3 is 11.1 Å².